The van der Waals surface area contributed by atoms with Crippen molar-refractivity contribution in [1.29, 1.82) is 0 Å². The summed E-state index contributed by atoms with van der Waals surface area (Å²) in [5.74, 6) is -0.0612. The summed E-state index contributed by atoms with van der Waals surface area (Å²) < 4.78 is 39.3. The average molecular weight is 458 g/mol. The van der Waals surface area contributed by atoms with E-state index in [1.165, 1.54) is 16.4 Å². The van der Waals surface area contributed by atoms with Crippen LogP contribution in [0.4, 0.5) is 5.69 Å². The number of hydrogen-bond donors (Lipinski definition) is 1. The van der Waals surface area contributed by atoms with Gasteiger partial charge in [0.2, 0.25) is 5.09 Å². The molecule has 0 bridgehead atoms. The molecule has 3 aromatic rings. The predicted molar refractivity (Wildman–Crippen MR) is 122 cm³/mol. The second-order valence-electron chi connectivity index (χ2n) is 7.67. The quantitative estimate of drug-likeness (QED) is 0.511. The fraction of sp³-hybridized carbons (Fsp3) is 0.292. The Balaban J connectivity index is 1.99. The molecule has 0 saturated carbocycles. The first-order chi connectivity index (χ1) is 15.0. The van der Waals surface area contributed by atoms with Gasteiger partial charge in [0.05, 0.1) is 11.3 Å². The van der Waals surface area contributed by atoms with E-state index >= 15 is 0 Å². The highest BCUT2D eigenvalue weighted by molar-refractivity contribution is 7.92. The molecular weight excluding hydrogens is 430 g/mol. The van der Waals surface area contributed by atoms with Gasteiger partial charge in [-0.1, -0.05) is 6.07 Å². The lowest BCUT2D eigenvalue weighted by Gasteiger charge is -2.25. The zero-order valence-corrected chi connectivity index (χ0v) is 19.6. The van der Waals surface area contributed by atoms with Gasteiger partial charge in [0, 0.05) is 6.54 Å². The number of sulfonamides is 1. The highest BCUT2D eigenvalue weighted by Gasteiger charge is 2.29. The van der Waals surface area contributed by atoms with Crippen LogP contribution in [0, 0.1) is 27.7 Å². The highest BCUT2D eigenvalue weighted by atomic mass is 32.2. The van der Waals surface area contributed by atoms with Crippen LogP contribution < -0.4 is 9.04 Å². The van der Waals surface area contributed by atoms with Gasteiger partial charge in [0.25, 0.3) is 10.0 Å². The van der Waals surface area contributed by atoms with E-state index in [1.54, 1.807) is 38.1 Å². The molecule has 0 amide bonds. The first-order valence-corrected chi connectivity index (χ1v) is 11.6. The molecule has 7 nitrogen and oxygen atoms in total. The molecule has 1 heterocycles. The summed E-state index contributed by atoms with van der Waals surface area (Å²) in [6.07, 6.45) is 0. The SMILES string of the molecule is CCN(c1cc(C)c(C)cc1OCc1ccc(C(=O)O)cc1C)S(=O)(=O)c1ccc(C)o1. The Hall–Kier alpha value is -3.26. The van der Waals surface area contributed by atoms with Crippen molar-refractivity contribution < 1.29 is 27.5 Å². The number of aryl methyl sites for hydroxylation is 4. The van der Waals surface area contributed by atoms with Crippen molar-refractivity contribution in [3.8, 4) is 5.75 Å². The number of aromatic carboxylic acids is 1. The average Bonchev–Trinajstić information content (AvgIpc) is 3.17. The normalized spacial score (nSPS) is 11.4. The molecule has 0 aliphatic rings. The number of benzene rings is 2. The highest BCUT2D eigenvalue weighted by Crippen LogP contribution is 2.36. The molecule has 0 aliphatic carbocycles. The summed E-state index contributed by atoms with van der Waals surface area (Å²) in [5.41, 5.74) is 4.11. The summed E-state index contributed by atoms with van der Waals surface area (Å²) in [7, 11) is -3.92. The molecule has 0 saturated heterocycles. The van der Waals surface area contributed by atoms with Gasteiger partial charge >= 0.3 is 5.97 Å². The number of ether oxygens (including phenoxy) is 1. The lowest BCUT2D eigenvalue weighted by atomic mass is 10.1. The molecule has 0 radical (unpaired) electrons. The van der Waals surface area contributed by atoms with E-state index in [0.717, 1.165) is 22.3 Å². The van der Waals surface area contributed by atoms with Crippen molar-refractivity contribution in [1.82, 2.24) is 0 Å². The first kappa shape index (κ1) is 23.4. The lowest BCUT2D eigenvalue weighted by molar-refractivity contribution is 0.0696. The van der Waals surface area contributed by atoms with Crippen molar-refractivity contribution in [3.63, 3.8) is 0 Å². The minimum absolute atomic E-state index is 0.124. The number of anilines is 1. The number of furan rings is 1. The predicted octanol–water partition coefficient (Wildman–Crippen LogP) is 5.01. The molecule has 0 unspecified atom stereocenters. The Bertz CT molecular complexity index is 1260. The van der Waals surface area contributed by atoms with E-state index in [-0.39, 0.29) is 23.8 Å². The van der Waals surface area contributed by atoms with Crippen molar-refractivity contribution in [2.45, 2.75) is 46.3 Å². The monoisotopic (exact) mass is 457 g/mol. The van der Waals surface area contributed by atoms with Crippen molar-refractivity contribution in [3.05, 3.63) is 76.0 Å². The Labute approximate surface area is 188 Å². The summed E-state index contributed by atoms with van der Waals surface area (Å²) in [5, 5.41) is 9.04. The molecule has 2 aromatic carbocycles. The molecule has 0 spiro atoms. The fourth-order valence-electron chi connectivity index (χ4n) is 3.36. The van der Waals surface area contributed by atoms with Crippen LogP contribution in [0.2, 0.25) is 0 Å². The maximum Gasteiger partial charge on any atom is 0.335 e. The van der Waals surface area contributed by atoms with Crippen LogP contribution in [0.25, 0.3) is 0 Å². The summed E-state index contributed by atoms with van der Waals surface area (Å²) >= 11 is 0. The standard InChI is InChI=1S/C24H27NO6S/c1-6-25(32(28,29)23-10-7-18(5)31-23)21-12-15(2)16(3)13-22(21)30-14-20-9-8-19(24(26)27)11-17(20)4/h7-13H,6,14H2,1-5H3,(H,26,27). The van der Waals surface area contributed by atoms with Gasteiger partial charge < -0.3 is 14.3 Å². The van der Waals surface area contributed by atoms with E-state index in [9.17, 15) is 13.2 Å². The zero-order valence-electron chi connectivity index (χ0n) is 18.8. The van der Waals surface area contributed by atoms with Gasteiger partial charge in [-0.25, -0.2) is 4.79 Å². The van der Waals surface area contributed by atoms with Crippen molar-refractivity contribution in [2.75, 3.05) is 10.8 Å². The van der Waals surface area contributed by atoms with Crippen molar-refractivity contribution >= 4 is 21.7 Å². The number of nitrogens with zero attached hydrogens (tertiary/aromatic N) is 1. The largest absolute Gasteiger partial charge is 0.487 e. The Morgan fingerprint density at radius 1 is 1.00 bits per heavy atom. The van der Waals surface area contributed by atoms with E-state index in [1.807, 2.05) is 26.8 Å². The van der Waals surface area contributed by atoms with Gasteiger partial charge in [-0.05, 0) is 93.3 Å². The first-order valence-electron chi connectivity index (χ1n) is 10.2. The summed E-state index contributed by atoms with van der Waals surface area (Å²) in [6.45, 7) is 9.45. The Morgan fingerprint density at radius 3 is 2.25 bits per heavy atom. The van der Waals surface area contributed by atoms with E-state index in [2.05, 4.69) is 0 Å². The molecule has 32 heavy (non-hydrogen) atoms. The van der Waals surface area contributed by atoms with E-state index in [0.29, 0.717) is 17.2 Å². The maximum atomic E-state index is 13.3. The van der Waals surface area contributed by atoms with Crippen LogP contribution in [0.5, 0.6) is 5.75 Å². The third-order valence-corrected chi connectivity index (χ3v) is 7.13. The number of hydrogen-bond acceptors (Lipinski definition) is 5. The maximum absolute atomic E-state index is 13.3. The molecule has 0 fully saturated rings. The van der Waals surface area contributed by atoms with Gasteiger partial charge in [-0.3, -0.25) is 4.31 Å². The smallest absolute Gasteiger partial charge is 0.335 e. The zero-order chi connectivity index (χ0) is 23.6. The van der Waals surface area contributed by atoms with Crippen LogP contribution in [-0.4, -0.2) is 26.0 Å². The van der Waals surface area contributed by atoms with Crippen LogP contribution in [0.15, 0.2) is 52.0 Å². The minimum Gasteiger partial charge on any atom is -0.487 e. The van der Waals surface area contributed by atoms with Crippen LogP contribution >= 0.6 is 0 Å². The van der Waals surface area contributed by atoms with E-state index < -0.39 is 16.0 Å². The third kappa shape index (κ3) is 4.65. The summed E-state index contributed by atoms with van der Waals surface area (Å²) in [4.78, 5) is 11.2. The Morgan fingerprint density at radius 2 is 1.69 bits per heavy atom. The number of carbonyl (C=O) groups is 1. The third-order valence-electron chi connectivity index (χ3n) is 5.36. The van der Waals surface area contributed by atoms with Gasteiger partial charge in [-0.15, -0.1) is 0 Å². The van der Waals surface area contributed by atoms with E-state index in [4.69, 9.17) is 14.3 Å². The number of carboxylic acids is 1. The molecule has 1 aromatic heterocycles. The van der Waals surface area contributed by atoms with Crippen molar-refractivity contribution in [2.24, 2.45) is 0 Å². The molecule has 0 atom stereocenters. The van der Waals surface area contributed by atoms with Crippen LogP contribution in [0.3, 0.4) is 0 Å². The van der Waals surface area contributed by atoms with Gasteiger partial charge in [0.15, 0.2) is 0 Å². The van der Waals surface area contributed by atoms with Crippen LogP contribution in [0.1, 0.15) is 45.3 Å². The second-order valence-corrected chi connectivity index (χ2v) is 9.47. The number of carboxylic acid groups (broad SMARTS) is 1. The summed E-state index contributed by atoms with van der Waals surface area (Å²) in [6, 6.07) is 11.5. The minimum atomic E-state index is -3.92. The fourth-order valence-corrected chi connectivity index (χ4v) is 4.80. The molecule has 8 heteroatoms. The number of rotatable bonds is 8. The lowest BCUT2D eigenvalue weighted by Crippen LogP contribution is -2.31. The molecule has 1 N–H and O–H groups in total. The topological polar surface area (TPSA) is 97.0 Å². The molecular formula is C24H27NO6S. The molecule has 3 rings (SSSR count). The second kappa shape index (κ2) is 9.08. The Kier molecular flexibility index (Phi) is 6.64. The van der Waals surface area contributed by atoms with Gasteiger partial charge in [-0.2, -0.15) is 8.42 Å². The molecule has 0 aliphatic heterocycles. The van der Waals surface area contributed by atoms with Crippen LogP contribution in [-0.2, 0) is 16.6 Å². The molecule has 170 valence electrons. The van der Waals surface area contributed by atoms with Gasteiger partial charge in [0.1, 0.15) is 18.1 Å².